The van der Waals surface area contributed by atoms with Crippen LogP contribution in [0.15, 0.2) is 18.2 Å². The Balaban J connectivity index is 2.09. The number of likely N-dealkylation sites (tertiary alicyclic amines) is 1. The van der Waals surface area contributed by atoms with E-state index < -0.39 is 17.4 Å². The summed E-state index contributed by atoms with van der Waals surface area (Å²) in [6.45, 7) is 8.28. The van der Waals surface area contributed by atoms with Gasteiger partial charge in [-0.2, -0.15) is 0 Å². The predicted octanol–water partition coefficient (Wildman–Crippen LogP) is 2.78. The Morgan fingerprint density at radius 3 is 2.48 bits per heavy atom. The van der Waals surface area contributed by atoms with Crippen molar-refractivity contribution in [2.45, 2.75) is 46.6 Å². The number of benzene rings is 1. The number of rotatable bonds is 5. The molecule has 2 rings (SSSR count). The fourth-order valence-corrected chi connectivity index (χ4v) is 3.00. The Kier molecular flexibility index (Phi) is 4.97. The first-order chi connectivity index (χ1) is 10.7. The van der Waals surface area contributed by atoms with Crippen LogP contribution in [0.25, 0.3) is 0 Å². The van der Waals surface area contributed by atoms with Crippen molar-refractivity contribution in [3.8, 4) is 5.75 Å². The zero-order valence-corrected chi connectivity index (χ0v) is 14.3. The summed E-state index contributed by atoms with van der Waals surface area (Å²) in [6.07, 6.45) is 1.26. The van der Waals surface area contributed by atoms with Gasteiger partial charge in [0.25, 0.3) is 0 Å². The summed E-state index contributed by atoms with van der Waals surface area (Å²) in [7, 11) is 0. The summed E-state index contributed by atoms with van der Waals surface area (Å²) in [6, 6.07) is 5.20. The number of ether oxygens (including phenoxy) is 1. The number of aliphatic carboxylic acids is 1. The lowest BCUT2D eigenvalue weighted by atomic mass is 9.92. The van der Waals surface area contributed by atoms with Crippen molar-refractivity contribution in [1.82, 2.24) is 4.90 Å². The molecule has 0 aromatic heterocycles. The molecule has 5 heteroatoms. The van der Waals surface area contributed by atoms with Gasteiger partial charge in [0, 0.05) is 6.54 Å². The first-order valence-corrected chi connectivity index (χ1v) is 7.97. The van der Waals surface area contributed by atoms with Crippen LogP contribution in [0.3, 0.4) is 0 Å². The lowest BCUT2D eigenvalue weighted by Gasteiger charge is -2.31. The minimum absolute atomic E-state index is 0.159. The number of carbonyl (C=O) groups is 2. The molecule has 0 bridgehead atoms. The van der Waals surface area contributed by atoms with Crippen molar-refractivity contribution >= 4 is 11.9 Å². The summed E-state index contributed by atoms with van der Waals surface area (Å²) >= 11 is 0. The van der Waals surface area contributed by atoms with Gasteiger partial charge in [-0.1, -0.05) is 18.2 Å². The zero-order valence-electron chi connectivity index (χ0n) is 14.3. The minimum atomic E-state index is -0.928. The third-order valence-corrected chi connectivity index (χ3v) is 4.36. The van der Waals surface area contributed by atoms with Crippen LogP contribution in [0.1, 0.15) is 37.8 Å². The van der Waals surface area contributed by atoms with Gasteiger partial charge in [-0.3, -0.25) is 4.79 Å². The van der Waals surface area contributed by atoms with E-state index in [4.69, 9.17) is 4.74 Å². The van der Waals surface area contributed by atoms with Crippen LogP contribution in [-0.2, 0) is 9.59 Å². The summed E-state index contributed by atoms with van der Waals surface area (Å²) in [5.74, 6) is -0.291. The molecule has 0 saturated carbocycles. The number of para-hydroxylation sites is 1. The van der Waals surface area contributed by atoms with Gasteiger partial charge in [0.05, 0.1) is 5.41 Å². The van der Waals surface area contributed by atoms with Crippen molar-refractivity contribution in [2.24, 2.45) is 5.41 Å². The molecule has 126 valence electrons. The SMILES string of the molecule is Cc1cccc(C)c1OCC(C)(C)C(=O)N1CCCC1C(=O)O. The average Bonchev–Trinajstić information content (AvgIpc) is 2.95. The highest BCUT2D eigenvalue weighted by Gasteiger charge is 2.41. The van der Waals surface area contributed by atoms with Gasteiger partial charge in [-0.15, -0.1) is 0 Å². The van der Waals surface area contributed by atoms with Crippen LogP contribution in [0.2, 0.25) is 0 Å². The van der Waals surface area contributed by atoms with E-state index >= 15 is 0 Å². The van der Waals surface area contributed by atoms with Crippen molar-refractivity contribution in [3.63, 3.8) is 0 Å². The lowest BCUT2D eigenvalue weighted by Crippen LogP contribution is -2.48. The maximum Gasteiger partial charge on any atom is 0.326 e. The number of carboxylic acid groups (broad SMARTS) is 1. The van der Waals surface area contributed by atoms with E-state index in [0.29, 0.717) is 13.0 Å². The highest BCUT2D eigenvalue weighted by Crippen LogP contribution is 2.29. The van der Waals surface area contributed by atoms with Crippen molar-refractivity contribution in [3.05, 3.63) is 29.3 Å². The molecule has 1 amide bonds. The van der Waals surface area contributed by atoms with Crippen LogP contribution in [-0.4, -0.2) is 41.1 Å². The second kappa shape index (κ2) is 6.60. The monoisotopic (exact) mass is 319 g/mol. The third kappa shape index (κ3) is 3.66. The maximum absolute atomic E-state index is 12.8. The molecule has 1 N–H and O–H groups in total. The number of hydrogen-bond donors (Lipinski definition) is 1. The molecule has 1 aromatic carbocycles. The van der Waals surface area contributed by atoms with Crippen molar-refractivity contribution < 1.29 is 19.4 Å². The molecule has 23 heavy (non-hydrogen) atoms. The molecule has 0 aliphatic carbocycles. The summed E-state index contributed by atoms with van der Waals surface area (Å²) in [5, 5.41) is 9.25. The second-order valence-corrected chi connectivity index (χ2v) is 6.89. The molecular weight excluding hydrogens is 294 g/mol. The fraction of sp³-hybridized carbons (Fsp3) is 0.556. The van der Waals surface area contributed by atoms with Crippen LogP contribution in [0, 0.1) is 19.3 Å². The van der Waals surface area contributed by atoms with E-state index in [9.17, 15) is 14.7 Å². The smallest absolute Gasteiger partial charge is 0.326 e. The predicted molar refractivity (Wildman–Crippen MR) is 87.6 cm³/mol. The molecule has 1 fully saturated rings. The van der Waals surface area contributed by atoms with E-state index in [1.54, 1.807) is 13.8 Å². The minimum Gasteiger partial charge on any atom is -0.492 e. The third-order valence-electron chi connectivity index (χ3n) is 4.36. The number of carboxylic acids is 1. The van der Waals surface area contributed by atoms with E-state index in [0.717, 1.165) is 23.3 Å². The number of carbonyl (C=O) groups excluding carboxylic acids is 1. The number of nitrogens with zero attached hydrogens (tertiary/aromatic N) is 1. The molecule has 1 saturated heterocycles. The van der Waals surface area contributed by atoms with Gasteiger partial charge < -0.3 is 14.7 Å². The van der Waals surface area contributed by atoms with E-state index in [2.05, 4.69) is 0 Å². The fourth-order valence-electron chi connectivity index (χ4n) is 3.00. The van der Waals surface area contributed by atoms with Gasteiger partial charge in [0.1, 0.15) is 18.4 Å². The first kappa shape index (κ1) is 17.3. The van der Waals surface area contributed by atoms with Crippen molar-refractivity contribution in [1.29, 1.82) is 0 Å². The number of hydrogen-bond acceptors (Lipinski definition) is 3. The van der Waals surface area contributed by atoms with Crippen LogP contribution in [0.4, 0.5) is 0 Å². The standard InChI is InChI=1S/C18H25NO4/c1-12-7-5-8-13(2)15(12)23-11-18(3,4)17(22)19-10-6-9-14(19)16(20)21/h5,7-8,14H,6,9-11H2,1-4H3,(H,20,21). The molecule has 0 radical (unpaired) electrons. The van der Waals surface area contributed by atoms with Gasteiger partial charge in [-0.05, 0) is 51.7 Å². The van der Waals surface area contributed by atoms with E-state index in [1.807, 2.05) is 32.0 Å². The number of amides is 1. The molecule has 5 nitrogen and oxygen atoms in total. The van der Waals surface area contributed by atoms with Crippen LogP contribution < -0.4 is 4.74 Å². The maximum atomic E-state index is 12.8. The van der Waals surface area contributed by atoms with Gasteiger partial charge in [0.15, 0.2) is 0 Å². The highest BCUT2D eigenvalue weighted by atomic mass is 16.5. The van der Waals surface area contributed by atoms with Gasteiger partial charge >= 0.3 is 5.97 Å². The Labute approximate surface area is 137 Å². The van der Waals surface area contributed by atoms with Gasteiger partial charge in [-0.25, -0.2) is 4.79 Å². The Bertz CT molecular complexity index is 589. The molecular formula is C18H25NO4. The van der Waals surface area contributed by atoms with Crippen LogP contribution in [0.5, 0.6) is 5.75 Å². The number of aryl methyl sites for hydroxylation is 2. The molecule has 1 heterocycles. The summed E-state index contributed by atoms with van der Waals surface area (Å²) < 4.78 is 5.91. The average molecular weight is 319 g/mol. The largest absolute Gasteiger partial charge is 0.492 e. The Morgan fingerprint density at radius 1 is 1.30 bits per heavy atom. The molecule has 1 unspecified atom stereocenters. The normalized spacial score (nSPS) is 18.1. The second-order valence-electron chi connectivity index (χ2n) is 6.89. The zero-order chi connectivity index (χ0) is 17.2. The first-order valence-electron chi connectivity index (χ1n) is 7.97. The van der Waals surface area contributed by atoms with Gasteiger partial charge in [0.2, 0.25) is 5.91 Å². The van der Waals surface area contributed by atoms with E-state index in [-0.39, 0.29) is 12.5 Å². The van der Waals surface area contributed by atoms with Crippen molar-refractivity contribution in [2.75, 3.05) is 13.2 Å². The highest BCUT2D eigenvalue weighted by molar-refractivity contribution is 5.87. The molecule has 1 atom stereocenters. The summed E-state index contributed by atoms with van der Waals surface area (Å²) in [4.78, 5) is 25.5. The summed E-state index contributed by atoms with van der Waals surface area (Å²) in [5.41, 5.74) is 1.28. The Morgan fingerprint density at radius 2 is 1.91 bits per heavy atom. The van der Waals surface area contributed by atoms with Crippen LogP contribution >= 0.6 is 0 Å². The lowest BCUT2D eigenvalue weighted by molar-refractivity contribution is -0.153. The topological polar surface area (TPSA) is 66.8 Å². The van der Waals surface area contributed by atoms with E-state index in [1.165, 1.54) is 4.90 Å². The molecule has 1 aromatic rings. The molecule has 0 spiro atoms. The Hall–Kier alpha value is -2.04. The quantitative estimate of drug-likeness (QED) is 0.906. The molecule has 1 aliphatic heterocycles. The molecule has 1 aliphatic rings.